The Labute approximate surface area is 133 Å². The number of carbonyl (C=O) groups is 2. The van der Waals surface area contributed by atoms with Crippen LogP contribution in [0.1, 0.15) is 43.0 Å². The molecule has 1 atom stereocenters. The van der Waals surface area contributed by atoms with Gasteiger partial charge in [-0.2, -0.15) is 4.98 Å². The van der Waals surface area contributed by atoms with Crippen molar-refractivity contribution in [2.45, 2.75) is 39.0 Å². The lowest BCUT2D eigenvalue weighted by Gasteiger charge is -2.10. The third-order valence-corrected chi connectivity index (χ3v) is 3.40. The molecule has 1 aromatic carbocycles. The first-order valence-electron chi connectivity index (χ1n) is 7.37. The Morgan fingerprint density at radius 2 is 2.17 bits per heavy atom. The number of carboxylic acid groups (broad SMARTS) is 1. The summed E-state index contributed by atoms with van der Waals surface area (Å²) in [4.78, 5) is 27.0. The van der Waals surface area contributed by atoms with E-state index in [4.69, 9.17) is 9.63 Å². The normalized spacial score (nSPS) is 11.9. The van der Waals surface area contributed by atoms with Crippen LogP contribution in [0.3, 0.4) is 0 Å². The molecule has 0 saturated carbocycles. The van der Waals surface area contributed by atoms with Crippen molar-refractivity contribution >= 4 is 17.6 Å². The van der Waals surface area contributed by atoms with Crippen molar-refractivity contribution in [1.29, 1.82) is 0 Å². The summed E-state index contributed by atoms with van der Waals surface area (Å²) >= 11 is 0. The predicted molar refractivity (Wildman–Crippen MR) is 83.1 cm³/mol. The van der Waals surface area contributed by atoms with Gasteiger partial charge in [0.05, 0.1) is 5.92 Å². The first-order chi connectivity index (χ1) is 11.0. The van der Waals surface area contributed by atoms with Crippen LogP contribution in [-0.2, 0) is 16.0 Å². The molecular formula is C16H19N3O4. The average molecular weight is 317 g/mol. The second-order valence-corrected chi connectivity index (χ2v) is 5.32. The Balaban J connectivity index is 1.85. The topological polar surface area (TPSA) is 105 Å². The zero-order valence-corrected chi connectivity index (χ0v) is 13.1. The highest BCUT2D eigenvalue weighted by atomic mass is 16.5. The van der Waals surface area contributed by atoms with Crippen molar-refractivity contribution in [1.82, 2.24) is 10.1 Å². The number of benzene rings is 1. The van der Waals surface area contributed by atoms with Gasteiger partial charge in [-0.1, -0.05) is 17.3 Å². The first-order valence-corrected chi connectivity index (χ1v) is 7.37. The Morgan fingerprint density at radius 3 is 2.83 bits per heavy atom. The average Bonchev–Trinajstić information content (AvgIpc) is 2.92. The molecule has 0 fully saturated rings. The zero-order valence-electron chi connectivity index (χ0n) is 13.1. The van der Waals surface area contributed by atoms with E-state index in [0.29, 0.717) is 42.2 Å². The van der Waals surface area contributed by atoms with Gasteiger partial charge in [-0.15, -0.1) is 0 Å². The molecule has 0 aliphatic heterocycles. The van der Waals surface area contributed by atoms with Crippen LogP contribution in [0.2, 0.25) is 0 Å². The fourth-order valence-electron chi connectivity index (χ4n) is 2.09. The molecule has 23 heavy (non-hydrogen) atoms. The minimum Gasteiger partial charge on any atom is -0.481 e. The Bertz CT molecular complexity index is 696. The summed E-state index contributed by atoms with van der Waals surface area (Å²) < 4.78 is 4.98. The largest absolute Gasteiger partial charge is 0.481 e. The van der Waals surface area contributed by atoms with Crippen LogP contribution >= 0.6 is 0 Å². The molecule has 1 unspecified atom stereocenters. The van der Waals surface area contributed by atoms with Crippen molar-refractivity contribution in [3.05, 3.63) is 41.5 Å². The molecule has 7 nitrogen and oxygen atoms in total. The van der Waals surface area contributed by atoms with Crippen LogP contribution in [0, 0.1) is 6.92 Å². The summed E-state index contributed by atoms with van der Waals surface area (Å²) in [6, 6.07) is 6.87. The number of amides is 1. The maximum atomic E-state index is 11.9. The molecule has 0 aliphatic carbocycles. The number of carbonyl (C=O) groups excluding carboxylic acids is 1. The molecular weight excluding hydrogens is 298 g/mol. The van der Waals surface area contributed by atoms with Gasteiger partial charge in [-0.25, -0.2) is 0 Å². The Morgan fingerprint density at radius 1 is 1.39 bits per heavy atom. The van der Waals surface area contributed by atoms with Crippen LogP contribution in [0.4, 0.5) is 5.69 Å². The summed E-state index contributed by atoms with van der Waals surface area (Å²) in [7, 11) is 0. The minimum atomic E-state index is -0.900. The third kappa shape index (κ3) is 4.91. The highest BCUT2D eigenvalue weighted by Gasteiger charge is 2.14. The van der Waals surface area contributed by atoms with Gasteiger partial charge in [0.2, 0.25) is 11.8 Å². The lowest BCUT2D eigenvalue weighted by molar-refractivity contribution is -0.138. The molecule has 122 valence electrons. The summed E-state index contributed by atoms with van der Waals surface area (Å²) in [6.07, 6.45) is 1.46. The van der Waals surface area contributed by atoms with Gasteiger partial charge in [0.25, 0.3) is 0 Å². The summed E-state index contributed by atoms with van der Waals surface area (Å²) in [5, 5.41) is 15.5. The molecule has 0 aliphatic rings. The molecule has 2 rings (SSSR count). The second kappa shape index (κ2) is 7.53. The van der Waals surface area contributed by atoms with Gasteiger partial charge >= 0.3 is 5.97 Å². The number of rotatable bonds is 7. The van der Waals surface area contributed by atoms with Crippen molar-refractivity contribution in [2.75, 3.05) is 5.32 Å². The van der Waals surface area contributed by atoms with Crippen molar-refractivity contribution < 1.29 is 19.2 Å². The van der Waals surface area contributed by atoms with Gasteiger partial charge in [0.15, 0.2) is 5.82 Å². The highest BCUT2D eigenvalue weighted by Crippen LogP contribution is 2.19. The van der Waals surface area contributed by atoms with Crippen LogP contribution in [-0.4, -0.2) is 27.1 Å². The molecule has 7 heteroatoms. The lowest BCUT2D eigenvalue weighted by atomic mass is 10.0. The van der Waals surface area contributed by atoms with Crippen molar-refractivity contribution in [3.63, 3.8) is 0 Å². The van der Waals surface area contributed by atoms with E-state index in [2.05, 4.69) is 15.5 Å². The fourth-order valence-corrected chi connectivity index (χ4v) is 2.09. The van der Waals surface area contributed by atoms with Gasteiger partial charge in [0, 0.05) is 18.5 Å². The molecule has 1 aromatic heterocycles. The van der Waals surface area contributed by atoms with Crippen LogP contribution in [0.5, 0.6) is 0 Å². The Hall–Kier alpha value is -2.70. The number of aliphatic carboxylic acids is 1. The van der Waals surface area contributed by atoms with E-state index < -0.39 is 11.9 Å². The number of aromatic nitrogens is 2. The summed E-state index contributed by atoms with van der Waals surface area (Å²) in [5.74, 6) is -0.557. The van der Waals surface area contributed by atoms with Crippen molar-refractivity contribution in [2.24, 2.45) is 0 Å². The maximum Gasteiger partial charge on any atom is 0.310 e. The SMILES string of the molecule is Cc1noc(CCCC(=O)Nc2cccc(C(C)C(=O)O)c2)n1. The molecule has 1 amide bonds. The van der Waals surface area contributed by atoms with Gasteiger partial charge in [-0.05, 0) is 38.0 Å². The highest BCUT2D eigenvalue weighted by molar-refractivity contribution is 5.91. The summed E-state index contributed by atoms with van der Waals surface area (Å²) in [5.41, 5.74) is 1.24. The smallest absolute Gasteiger partial charge is 0.310 e. The third-order valence-electron chi connectivity index (χ3n) is 3.40. The van der Waals surface area contributed by atoms with E-state index in [-0.39, 0.29) is 5.91 Å². The van der Waals surface area contributed by atoms with E-state index in [1.54, 1.807) is 38.1 Å². The molecule has 1 heterocycles. The zero-order chi connectivity index (χ0) is 16.8. The number of nitrogens with one attached hydrogen (secondary N) is 1. The lowest BCUT2D eigenvalue weighted by Crippen LogP contribution is -2.13. The number of hydrogen-bond donors (Lipinski definition) is 2. The van der Waals surface area contributed by atoms with Crippen LogP contribution < -0.4 is 5.32 Å². The van der Waals surface area contributed by atoms with E-state index >= 15 is 0 Å². The number of nitrogens with zero attached hydrogens (tertiary/aromatic N) is 2. The molecule has 2 aromatic rings. The van der Waals surface area contributed by atoms with Crippen LogP contribution in [0.15, 0.2) is 28.8 Å². The van der Waals surface area contributed by atoms with Gasteiger partial charge in [0.1, 0.15) is 0 Å². The van der Waals surface area contributed by atoms with Crippen molar-refractivity contribution in [3.8, 4) is 0 Å². The van der Waals surface area contributed by atoms with E-state index in [1.807, 2.05) is 0 Å². The van der Waals surface area contributed by atoms with E-state index in [0.717, 1.165) is 0 Å². The molecule has 0 saturated heterocycles. The van der Waals surface area contributed by atoms with Crippen LogP contribution in [0.25, 0.3) is 0 Å². The monoisotopic (exact) mass is 317 g/mol. The first kappa shape index (κ1) is 16.7. The molecule has 0 spiro atoms. The Kier molecular flexibility index (Phi) is 5.46. The quantitative estimate of drug-likeness (QED) is 0.813. The molecule has 0 radical (unpaired) electrons. The fraction of sp³-hybridized carbons (Fsp3) is 0.375. The molecule has 2 N–H and O–H groups in total. The molecule has 0 bridgehead atoms. The number of anilines is 1. The standard InChI is InChI=1S/C16H19N3O4/c1-10(16(21)22)12-5-3-6-13(9-12)18-14(20)7-4-8-15-17-11(2)19-23-15/h3,5-6,9-10H,4,7-8H2,1-2H3,(H,18,20)(H,21,22). The maximum absolute atomic E-state index is 11.9. The number of hydrogen-bond acceptors (Lipinski definition) is 5. The predicted octanol–water partition coefficient (Wildman–Crippen LogP) is 2.53. The summed E-state index contributed by atoms with van der Waals surface area (Å²) in [6.45, 7) is 3.35. The van der Waals surface area contributed by atoms with Gasteiger partial charge < -0.3 is 14.9 Å². The number of carboxylic acids is 1. The second-order valence-electron chi connectivity index (χ2n) is 5.32. The van der Waals surface area contributed by atoms with E-state index in [9.17, 15) is 9.59 Å². The van der Waals surface area contributed by atoms with E-state index in [1.165, 1.54) is 0 Å². The number of aryl methyl sites for hydroxylation is 2. The minimum absolute atomic E-state index is 0.138. The van der Waals surface area contributed by atoms with Gasteiger partial charge in [-0.3, -0.25) is 9.59 Å².